The molecule has 0 radical (unpaired) electrons. The maximum atomic E-state index is 10.7. The minimum Gasteiger partial charge on any atom is -0.482 e. The maximum Gasteiger partial charge on any atom is 0.271 e. The fourth-order valence-corrected chi connectivity index (χ4v) is 1.11. The van der Waals surface area contributed by atoms with Crippen LogP contribution in [0, 0.1) is 0 Å². The number of halogens is 2. The van der Waals surface area contributed by atoms with Gasteiger partial charge in [-0.3, -0.25) is 10.2 Å². The zero-order valence-corrected chi connectivity index (χ0v) is 8.60. The number of hydrazine groups is 1. The summed E-state index contributed by atoms with van der Waals surface area (Å²) in [6, 6.07) is 4.73. The molecule has 76 valence electrons. The molecule has 3 N–H and O–H groups in total. The topological polar surface area (TPSA) is 64.3 Å². The Morgan fingerprint density at radius 3 is 2.86 bits per heavy atom. The van der Waals surface area contributed by atoms with Crippen LogP contribution in [0.25, 0.3) is 0 Å². The highest BCUT2D eigenvalue weighted by Gasteiger charge is 2.04. The molecule has 0 spiro atoms. The van der Waals surface area contributed by atoms with E-state index >= 15 is 0 Å². The van der Waals surface area contributed by atoms with Gasteiger partial charge in [0.25, 0.3) is 5.91 Å². The molecule has 0 heterocycles. The van der Waals surface area contributed by atoms with Gasteiger partial charge >= 0.3 is 0 Å². The van der Waals surface area contributed by atoms with Gasteiger partial charge in [0.1, 0.15) is 5.75 Å². The molecule has 0 saturated heterocycles. The second kappa shape index (κ2) is 5.05. The molecule has 1 aromatic carbocycles. The van der Waals surface area contributed by atoms with Crippen molar-refractivity contribution in [3.05, 3.63) is 28.2 Å². The minimum atomic E-state index is -0.443. The standard InChI is InChI=1S/C8H8Cl2N2O2/c9-5-1-2-6(10)7(3-5)14-4-8(13)12-11/h1-3H,4,11H2,(H,12,13). The number of amides is 1. The third-order valence-electron chi connectivity index (χ3n) is 1.41. The van der Waals surface area contributed by atoms with Crippen molar-refractivity contribution in [1.29, 1.82) is 0 Å². The highest BCUT2D eigenvalue weighted by atomic mass is 35.5. The van der Waals surface area contributed by atoms with Crippen molar-refractivity contribution in [3.8, 4) is 5.75 Å². The summed E-state index contributed by atoms with van der Waals surface area (Å²) < 4.78 is 5.06. The Labute approximate surface area is 90.9 Å². The molecule has 0 aliphatic carbocycles. The van der Waals surface area contributed by atoms with E-state index in [0.29, 0.717) is 15.8 Å². The fourth-order valence-electron chi connectivity index (χ4n) is 0.773. The van der Waals surface area contributed by atoms with Crippen LogP contribution in [-0.4, -0.2) is 12.5 Å². The molecular formula is C8H8Cl2N2O2. The van der Waals surface area contributed by atoms with Crippen LogP contribution in [0.2, 0.25) is 10.0 Å². The lowest BCUT2D eigenvalue weighted by Crippen LogP contribution is -2.34. The average molecular weight is 235 g/mol. The van der Waals surface area contributed by atoms with E-state index in [0.717, 1.165) is 0 Å². The minimum absolute atomic E-state index is 0.198. The molecule has 0 bridgehead atoms. The van der Waals surface area contributed by atoms with Crippen molar-refractivity contribution in [1.82, 2.24) is 5.43 Å². The largest absolute Gasteiger partial charge is 0.482 e. The molecule has 0 aliphatic rings. The van der Waals surface area contributed by atoms with Crippen LogP contribution in [-0.2, 0) is 4.79 Å². The zero-order chi connectivity index (χ0) is 10.6. The number of carbonyl (C=O) groups excluding carboxylic acids is 1. The predicted molar refractivity (Wildman–Crippen MR) is 54.3 cm³/mol. The monoisotopic (exact) mass is 234 g/mol. The van der Waals surface area contributed by atoms with Crippen LogP contribution >= 0.6 is 23.2 Å². The first-order valence-corrected chi connectivity index (χ1v) is 4.46. The van der Waals surface area contributed by atoms with E-state index < -0.39 is 5.91 Å². The Bertz CT molecular complexity index is 344. The first-order valence-electron chi connectivity index (χ1n) is 3.71. The molecule has 4 nitrogen and oxygen atoms in total. The SMILES string of the molecule is NNC(=O)COc1cc(Cl)ccc1Cl. The lowest BCUT2D eigenvalue weighted by atomic mass is 10.3. The van der Waals surface area contributed by atoms with Crippen molar-refractivity contribution in [2.45, 2.75) is 0 Å². The summed E-state index contributed by atoms with van der Waals surface area (Å²) in [5.41, 5.74) is 1.93. The molecule has 0 saturated carbocycles. The molecule has 0 aliphatic heterocycles. The zero-order valence-electron chi connectivity index (χ0n) is 7.09. The number of hydrogen-bond acceptors (Lipinski definition) is 3. The lowest BCUT2D eigenvalue weighted by molar-refractivity contribution is -0.123. The average Bonchev–Trinajstić information content (AvgIpc) is 2.19. The Balaban J connectivity index is 2.66. The predicted octanol–water partition coefficient (Wildman–Crippen LogP) is 1.36. The molecule has 0 fully saturated rings. The van der Waals surface area contributed by atoms with Crippen molar-refractivity contribution in [2.75, 3.05) is 6.61 Å². The van der Waals surface area contributed by atoms with Gasteiger partial charge in [0.2, 0.25) is 0 Å². The Hall–Kier alpha value is -0.970. The number of rotatable bonds is 3. The first kappa shape index (κ1) is 11.1. The van der Waals surface area contributed by atoms with Crippen molar-refractivity contribution >= 4 is 29.1 Å². The summed E-state index contributed by atoms with van der Waals surface area (Å²) in [4.78, 5) is 10.7. The summed E-state index contributed by atoms with van der Waals surface area (Å²) in [7, 11) is 0. The van der Waals surface area contributed by atoms with E-state index in [1.165, 1.54) is 6.07 Å². The number of nitrogens with one attached hydrogen (secondary N) is 1. The molecule has 1 aromatic rings. The highest BCUT2D eigenvalue weighted by molar-refractivity contribution is 6.34. The molecule has 0 aromatic heterocycles. The Morgan fingerprint density at radius 1 is 1.50 bits per heavy atom. The van der Waals surface area contributed by atoms with Crippen LogP contribution in [0.4, 0.5) is 0 Å². The smallest absolute Gasteiger partial charge is 0.271 e. The van der Waals surface area contributed by atoms with Crippen LogP contribution < -0.4 is 16.0 Å². The summed E-state index contributed by atoms with van der Waals surface area (Å²) in [5, 5.41) is 0.872. The normalized spacial score (nSPS) is 9.64. The molecular weight excluding hydrogens is 227 g/mol. The van der Waals surface area contributed by atoms with Crippen LogP contribution in [0.15, 0.2) is 18.2 Å². The summed E-state index contributed by atoms with van der Waals surface area (Å²) in [6.07, 6.45) is 0. The van der Waals surface area contributed by atoms with Gasteiger partial charge < -0.3 is 4.74 Å². The maximum absolute atomic E-state index is 10.7. The second-order valence-corrected chi connectivity index (χ2v) is 3.27. The molecule has 0 atom stereocenters. The number of carbonyl (C=O) groups is 1. The third kappa shape index (κ3) is 3.06. The van der Waals surface area contributed by atoms with E-state index in [-0.39, 0.29) is 6.61 Å². The Kier molecular flexibility index (Phi) is 4.00. The fraction of sp³-hybridized carbons (Fsp3) is 0.125. The number of ether oxygens (including phenoxy) is 1. The lowest BCUT2D eigenvalue weighted by Gasteiger charge is -2.06. The summed E-state index contributed by atoms with van der Waals surface area (Å²) in [5.74, 6) is 4.77. The van der Waals surface area contributed by atoms with E-state index in [4.69, 9.17) is 33.8 Å². The highest BCUT2D eigenvalue weighted by Crippen LogP contribution is 2.27. The quantitative estimate of drug-likeness (QED) is 0.472. The molecule has 1 amide bonds. The van der Waals surface area contributed by atoms with Gasteiger partial charge in [-0.25, -0.2) is 5.84 Å². The van der Waals surface area contributed by atoms with E-state index in [9.17, 15) is 4.79 Å². The third-order valence-corrected chi connectivity index (χ3v) is 1.96. The molecule has 14 heavy (non-hydrogen) atoms. The number of hydrogen-bond donors (Lipinski definition) is 2. The van der Waals surface area contributed by atoms with E-state index in [2.05, 4.69) is 0 Å². The van der Waals surface area contributed by atoms with Gasteiger partial charge in [-0.05, 0) is 12.1 Å². The first-order chi connectivity index (χ1) is 6.63. The van der Waals surface area contributed by atoms with Crippen molar-refractivity contribution in [2.24, 2.45) is 5.84 Å². The van der Waals surface area contributed by atoms with E-state index in [1.54, 1.807) is 12.1 Å². The van der Waals surface area contributed by atoms with Gasteiger partial charge in [-0.15, -0.1) is 0 Å². The van der Waals surface area contributed by atoms with Crippen LogP contribution in [0.1, 0.15) is 0 Å². The second-order valence-electron chi connectivity index (χ2n) is 2.43. The van der Waals surface area contributed by atoms with Crippen molar-refractivity contribution in [3.63, 3.8) is 0 Å². The molecule has 6 heteroatoms. The van der Waals surface area contributed by atoms with Crippen LogP contribution in [0.5, 0.6) is 5.75 Å². The number of nitrogens with two attached hydrogens (primary N) is 1. The van der Waals surface area contributed by atoms with Crippen LogP contribution in [0.3, 0.4) is 0 Å². The van der Waals surface area contributed by atoms with E-state index in [1.807, 2.05) is 5.43 Å². The van der Waals surface area contributed by atoms with Gasteiger partial charge in [0.05, 0.1) is 5.02 Å². The van der Waals surface area contributed by atoms with Gasteiger partial charge in [0.15, 0.2) is 6.61 Å². The molecule has 0 unspecified atom stereocenters. The van der Waals surface area contributed by atoms with Gasteiger partial charge in [-0.1, -0.05) is 23.2 Å². The van der Waals surface area contributed by atoms with Crippen molar-refractivity contribution < 1.29 is 9.53 Å². The van der Waals surface area contributed by atoms with Gasteiger partial charge in [-0.2, -0.15) is 0 Å². The summed E-state index contributed by atoms with van der Waals surface area (Å²) >= 11 is 11.5. The number of benzene rings is 1. The molecule has 1 rings (SSSR count). The Morgan fingerprint density at radius 2 is 2.21 bits per heavy atom. The summed E-state index contributed by atoms with van der Waals surface area (Å²) in [6.45, 7) is -0.198. The van der Waals surface area contributed by atoms with Gasteiger partial charge in [0, 0.05) is 11.1 Å².